The molecule has 2 fully saturated rings. The molecule has 2 saturated heterocycles. The lowest BCUT2D eigenvalue weighted by atomic mass is 9.84. The summed E-state index contributed by atoms with van der Waals surface area (Å²) in [4.78, 5) is 9.53. The van der Waals surface area contributed by atoms with E-state index in [1.165, 1.54) is 32.4 Å². The monoisotopic (exact) mass is 309 g/mol. The molecule has 0 N–H and O–H groups in total. The van der Waals surface area contributed by atoms with Gasteiger partial charge in [0.05, 0.1) is 0 Å². The van der Waals surface area contributed by atoms with E-state index in [1.54, 1.807) is 0 Å². The Labute approximate surface area is 117 Å². The molecule has 4 heteroatoms. The van der Waals surface area contributed by atoms with Crippen LogP contribution in [0.1, 0.15) is 19.3 Å². The summed E-state index contributed by atoms with van der Waals surface area (Å²) in [5.74, 6) is 1.95. The van der Waals surface area contributed by atoms with Gasteiger partial charge in [-0.3, -0.25) is 0 Å². The number of likely N-dealkylation sites (tertiary alicyclic amines) is 1. The molecule has 3 rings (SSSR count). The zero-order valence-corrected chi connectivity index (χ0v) is 12.4. The fourth-order valence-corrected chi connectivity index (χ4v) is 3.65. The first kappa shape index (κ1) is 12.4. The van der Waals surface area contributed by atoms with Crippen LogP contribution in [0.5, 0.6) is 0 Å². The molecule has 2 aliphatic heterocycles. The summed E-state index contributed by atoms with van der Waals surface area (Å²) in [7, 11) is 2.28. The third kappa shape index (κ3) is 2.41. The Hall–Kier alpha value is -0.610. The van der Waals surface area contributed by atoms with Gasteiger partial charge in [0.15, 0.2) is 0 Å². The van der Waals surface area contributed by atoms with Crippen LogP contribution in [0.15, 0.2) is 22.8 Å². The highest BCUT2D eigenvalue weighted by atomic mass is 79.9. The molecule has 2 atom stereocenters. The molecule has 0 aromatic carbocycles. The van der Waals surface area contributed by atoms with Gasteiger partial charge in [-0.1, -0.05) is 0 Å². The smallest absolute Gasteiger partial charge is 0.128 e. The Kier molecular flexibility index (Phi) is 3.57. The maximum atomic E-state index is 4.52. The number of halogens is 1. The molecular weight excluding hydrogens is 290 g/mol. The predicted molar refractivity (Wildman–Crippen MR) is 77.9 cm³/mol. The van der Waals surface area contributed by atoms with E-state index in [4.69, 9.17) is 0 Å². The number of anilines is 1. The van der Waals surface area contributed by atoms with Gasteiger partial charge in [0.25, 0.3) is 0 Å². The first-order valence-electron chi connectivity index (χ1n) is 6.81. The molecule has 2 aliphatic rings. The van der Waals surface area contributed by atoms with Gasteiger partial charge in [0.2, 0.25) is 0 Å². The minimum absolute atomic E-state index is 0.797. The SMILES string of the molecule is CN1CCCC2CN(c3ccc(Br)cn3)CCC21. The van der Waals surface area contributed by atoms with Gasteiger partial charge >= 0.3 is 0 Å². The number of fused-ring (bicyclic) bond motifs is 1. The van der Waals surface area contributed by atoms with Crippen molar-refractivity contribution in [3.63, 3.8) is 0 Å². The second kappa shape index (κ2) is 5.17. The summed E-state index contributed by atoms with van der Waals surface area (Å²) in [5, 5.41) is 0. The third-order valence-electron chi connectivity index (χ3n) is 4.38. The van der Waals surface area contributed by atoms with Gasteiger partial charge in [-0.2, -0.15) is 0 Å². The largest absolute Gasteiger partial charge is 0.356 e. The van der Waals surface area contributed by atoms with E-state index in [0.29, 0.717) is 0 Å². The standard InChI is InChI=1S/C14H20BrN3/c1-17-7-2-3-11-10-18(8-6-13(11)17)14-5-4-12(15)9-16-14/h4-5,9,11,13H,2-3,6-8,10H2,1H3. The molecule has 0 saturated carbocycles. The summed E-state index contributed by atoms with van der Waals surface area (Å²) >= 11 is 3.45. The van der Waals surface area contributed by atoms with Crippen LogP contribution in [-0.2, 0) is 0 Å². The van der Waals surface area contributed by atoms with Crippen LogP contribution in [0, 0.1) is 5.92 Å². The molecule has 2 unspecified atom stereocenters. The average molecular weight is 310 g/mol. The number of pyridine rings is 1. The Morgan fingerprint density at radius 3 is 2.94 bits per heavy atom. The van der Waals surface area contributed by atoms with Crippen molar-refractivity contribution in [2.75, 3.05) is 31.6 Å². The molecule has 1 aromatic heterocycles. The summed E-state index contributed by atoms with van der Waals surface area (Å²) < 4.78 is 1.05. The summed E-state index contributed by atoms with van der Waals surface area (Å²) in [6.45, 7) is 3.58. The fourth-order valence-electron chi connectivity index (χ4n) is 3.42. The second-order valence-corrected chi connectivity index (χ2v) is 6.44. The molecule has 1 aromatic rings. The molecule has 0 aliphatic carbocycles. The van der Waals surface area contributed by atoms with Gasteiger partial charge in [0.1, 0.15) is 5.82 Å². The molecule has 98 valence electrons. The number of hydrogen-bond donors (Lipinski definition) is 0. The molecular formula is C14H20BrN3. The van der Waals surface area contributed by atoms with Crippen LogP contribution in [0.4, 0.5) is 5.82 Å². The molecule has 0 spiro atoms. The number of piperidine rings is 2. The highest BCUT2D eigenvalue weighted by Gasteiger charge is 2.34. The van der Waals surface area contributed by atoms with Crippen molar-refractivity contribution < 1.29 is 0 Å². The normalized spacial score (nSPS) is 29.1. The molecule has 0 bridgehead atoms. The molecule has 18 heavy (non-hydrogen) atoms. The van der Waals surface area contributed by atoms with Crippen molar-refractivity contribution in [2.24, 2.45) is 5.92 Å². The number of hydrogen-bond acceptors (Lipinski definition) is 3. The molecule has 0 radical (unpaired) electrons. The Balaban J connectivity index is 1.72. The topological polar surface area (TPSA) is 19.4 Å². The van der Waals surface area contributed by atoms with Gasteiger partial charge in [-0.25, -0.2) is 4.98 Å². The maximum Gasteiger partial charge on any atom is 0.128 e. The summed E-state index contributed by atoms with van der Waals surface area (Å²) in [6, 6.07) is 5.00. The third-order valence-corrected chi connectivity index (χ3v) is 4.85. The minimum Gasteiger partial charge on any atom is -0.356 e. The fraction of sp³-hybridized carbons (Fsp3) is 0.643. The first-order valence-corrected chi connectivity index (χ1v) is 7.60. The minimum atomic E-state index is 0.797. The summed E-state index contributed by atoms with van der Waals surface area (Å²) in [6.07, 6.45) is 5.90. The van der Waals surface area contributed by atoms with Crippen molar-refractivity contribution >= 4 is 21.7 Å². The lowest BCUT2D eigenvalue weighted by Crippen LogP contribution is -2.52. The van der Waals surface area contributed by atoms with Crippen molar-refractivity contribution in [2.45, 2.75) is 25.3 Å². The highest BCUT2D eigenvalue weighted by Crippen LogP contribution is 2.31. The number of rotatable bonds is 1. The average Bonchev–Trinajstić information content (AvgIpc) is 2.39. The van der Waals surface area contributed by atoms with Crippen molar-refractivity contribution in [1.29, 1.82) is 0 Å². The number of nitrogens with zero attached hydrogens (tertiary/aromatic N) is 3. The zero-order chi connectivity index (χ0) is 12.5. The van der Waals surface area contributed by atoms with E-state index in [1.807, 2.05) is 6.20 Å². The van der Waals surface area contributed by atoms with Gasteiger partial charge in [-0.05, 0) is 66.8 Å². The van der Waals surface area contributed by atoms with Crippen molar-refractivity contribution in [3.05, 3.63) is 22.8 Å². The quantitative estimate of drug-likeness (QED) is 0.795. The van der Waals surface area contributed by atoms with E-state index < -0.39 is 0 Å². The molecule has 0 amide bonds. The number of aromatic nitrogens is 1. The van der Waals surface area contributed by atoms with Crippen LogP contribution < -0.4 is 4.90 Å². The van der Waals surface area contributed by atoms with E-state index >= 15 is 0 Å². The first-order chi connectivity index (χ1) is 8.74. The summed E-state index contributed by atoms with van der Waals surface area (Å²) in [5.41, 5.74) is 0. The highest BCUT2D eigenvalue weighted by molar-refractivity contribution is 9.10. The Morgan fingerprint density at radius 2 is 2.17 bits per heavy atom. The van der Waals surface area contributed by atoms with Crippen LogP contribution in [0.25, 0.3) is 0 Å². The predicted octanol–water partition coefficient (Wildman–Crippen LogP) is 2.76. The van der Waals surface area contributed by atoms with E-state index in [0.717, 1.165) is 28.8 Å². The van der Waals surface area contributed by atoms with E-state index in [-0.39, 0.29) is 0 Å². The van der Waals surface area contributed by atoms with E-state index in [2.05, 4.69) is 49.9 Å². The zero-order valence-electron chi connectivity index (χ0n) is 10.8. The van der Waals surface area contributed by atoms with Crippen LogP contribution in [0.2, 0.25) is 0 Å². The molecule has 3 heterocycles. The van der Waals surface area contributed by atoms with Crippen molar-refractivity contribution in [1.82, 2.24) is 9.88 Å². The van der Waals surface area contributed by atoms with E-state index in [9.17, 15) is 0 Å². The maximum absolute atomic E-state index is 4.52. The van der Waals surface area contributed by atoms with Crippen LogP contribution in [0.3, 0.4) is 0 Å². The van der Waals surface area contributed by atoms with Crippen LogP contribution >= 0.6 is 15.9 Å². The second-order valence-electron chi connectivity index (χ2n) is 5.52. The van der Waals surface area contributed by atoms with Gasteiger partial charge < -0.3 is 9.80 Å². The van der Waals surface area contributed by atoms with Gasteiger partial charge in [-0.15, -0.1) is 0 Å². The molecule has 3 nitrogen and oxygen atoms in total. The van der Waals surface area contributed by atoms with Crippen molar-refractivity contribution in [3.8, 4) is 0 Å². The Morgan fingerprint density at radius 1 is 1.28 bits per heavy atom. The van der Waals surface area contributed by atoms with Crippen LogP contribution in [-0.4, -0.2) is 42.6 Å². The lowest BCUT2D eigenvalue weighted by molar-refractivity contribution is 0.102. The van der Waals surface area contributed by atoms with Gasteiger partial charge in [0, 0.05) is 29.8 Å². The lowest BCUT2D eigenvalue weighted by Gasteiger charge is -2.46. The Bertz CT molecular complexity index is 406.